The fraction of sp³-hybridized carbons (Fsp3) is 1.00. The van der Waals surface area contributed by atoms with E-state index in [9.17, 15) is 0 Å². The van der Waals surface area contributed by atoms with Crippen LogP contribution in [0, 0.1) is 11.3 Å². The van der Waals surface area contributed by atoms with Crippen LogP contribution >= 0.6 is 0 Å². The second-order valence-electron chi connectivity index (χ2n) is 7.21. The summed E-state index contributed by atoms with van der Waals surface area (Å²) in [7, 11) is 0. The molecular formula is C15H29N. The molecule has 0 aromatic rings. The van der Waals surface area contributed by atoms with Gasteiger partial charge in [0.1, 0.15) is 0 Å². The Hall–Kier alpha value is -0.0400. The second-order valence-corrected chi connectivity index (χ2v) is 7.21. The molecular weight excluding hydrogens is 194 g/mol. The van der Waals surface area contributed by atoms with Crippen LogP contribution in [0.25, 0.3) is 0 Å². The van der Waals surface area contributed by atoms with E-state index in [0.717, 1.165) is 5.92 Å². The summed E-state index contributed by atoms with van der Waals surface area (Å²) in [5.74, 6) is 0.953. The van der Waals surface area contributed by atoms with Crippen LogP contribution < -0.4 is 0 Å². The van der Waals surface area contributed by atoms with Crippen molar-refractivity contribution in [2.24, 2.45) is 11.3 Å². The lowest BCUT2D eigenvalue weighted by molar-refractivity contribution is 0.00335. The van der Waals surface area contributed by atoms with Crippen LogP contribution in [0.5, 0.6) is 0 Å². The van der Waals surface area contributed by atoms with Gasteiger partial charge >= 0.3 is 0 Å². The van der Waals surface area contributed by atoms with Gasteiger partial charge in [0, 0.05) is 5.54 Å². The van der Waals surface area contributed by atoms with Crippen LogP contribution in [0.2, 0.25) is 0 Å². The Morgan fingerprint density at radius 3 is 2.25 bits per heavy atom. The van der Waals surface area contributed by atoms with Crippen LogP contribution in [0.15, 0.2) is 0 Å². The third-order valence-electron chi connectivity index (χ3n) is 4.88. The summed E-state index contributed by atoms with van der Waals surface area (Å²) < 4.78 is 0. The van der Waals surface area contributed by atoms with Crippen LogP contribution in [-0.4, -0.2) is 23.5 Å². The minimum absolute atomic E-state index is 0.499. The van der Waals surface area contributed by atoms with Crippen molar-refractivity contribution in [3.8, 4) is 0 Å². The number of hydrogen-bond acceptors (Lipinski definition) is 1. The van der Waals surface area contributed by atoms with Crippen molar-refractivity contribution in [3.63, 3.8) is 0 Å². The molecule has 2 atom stereocenters. The van der Waals surface area contributed by atoms with E-state index in [2.05, 4.69) is 32.6 Å². The fourth-order valence-corrected chi connectivity index (χ4v) is 4.44. The molecule has 0 spiro atoms. The highest BCUT2D eigenvalue weighted by atomic mass is 15.2. The van der Waals surface area contributed by atoms with Gasteiger partial charge in [-0.05, 0) is 63.5 Å². The lowest BCUT2D eigenvalue weighted by atomic mass is 9.63. The number of hydrogen-bond donors (Lipinski definition) is 0. The van der Waals surface area contributed by atoms with Crippen LogP contribution in [-0.2, 0) is 0 Å². The molecule has 1 saturated heterocycles. The van der Waals surface area contributed by atoms with E-state index in [4.69, 9.17) is 0 Å². The van der Waals surface area contributed by atoms with E-state index in [1.807, 2.05) is 0 Å². The quantitative estimate of drug-likeness (QED) is 0.682. The Morgan fingerprint density at radius 2 is 1.69 bits per heavy atom. The van der Waals surface area contributed by atoms with Crippen LogP contribution in [0.3, 0.4) is 0 Å². The van der Waals surface area contributed by atoms with E-state index in [0.29, 0.717) is 11.0 Å². The van der Waals surface area contributed by atoms with Crippen molar-refractivity contribution < 1.29 is 0 Å². The number of nitrogens with zero attached hydrogens (tertiary/aromatic N) is 1. The molecule has 0 unspecified atom stereocenters. The standard InChI is InChI=1S/C15H29N/c1-5-13-10-14(2,3)12-15(4,11-13)16-8-6-7-9-16/h13H,5-12H2,1-4H3/t13-,15+/m1/s1. The van der Waals surface area contributed by atoms with Gasteiger partial charge in [-0.1, -0.05) is 27.2 Å². The second kappa shape index (κ2) is 4.33. The lowest BCUT2D eigenvalue weighted by Gasteiger charge is -2.51. The van der Waals surface area contributed by atoms with Crippen molar-refractivity contribution in [3.05, 3.63) is 0 Å². The Bertz CT molecular complexity index is 240. The molecule has 2 fully saturated rings. The van der Waals surface area contributed by atoms with Crippen molar-refractivity contribution >= 4 is 0 Å². The highest BCUT2D eigenvalue weighted by molar-refractivity contribution is 4.99. The predicted octanol–water partition coefficient (Wildman–Crippen LogP) is 4.08. The molecule has 1 nitrogen and oxygen atoms in total. The predicted molar refractivity (Wildman–Crippen MR) is 70.6 cm³/mol. The van der Waals surface area contributed by atoms with Crippen molar-refractivity contribution in [1.82, 2.24) is 4.90 Å². The van der Waals surface area contributed by atoms with Crippen LogP contribution in [0.4, 0.5) is 0 Å². The molecule has 94 valence electrons. The van der Waals surface area contributed by atoms with E-state index in [-0.39, 0.29) is 0 Å². The summed E-state index contributed by atoms with van der Waals surface area (Å²) in [4.78, 5) is 2.79. The normalized spacial score (nSPS) is 40.1. The Morgan fingerprint density at radius 1 is 1.06 bits per heavy atom. The maximum atomic E-state index is 2.79. The maximum Gasteiger partial charge on any atom is 0.0189 e. The van der Waals surface area contributed by atoms with Crippen molar-refractivity contribution in [2.45, 2.75) is 71.8 Å². The summed E-state index contributed by atoms with van der Waals surface area (Å²) in [6, 6.07) is 0. The minimum Gasteiger partial charge on any atom is -0.298 e. The van der Waals surface area contributed by atoms with Gasteiger partial charge in [0.05, 0.1) is 0 Å². The molecule has 1 aliphatic heterocycles. The maximum absolute atomic E-state index is 2.79. The molecule has 2 aliphatic rings. The zero-order valence-electron chi connectivity index (χ0n) is 11.7. The minimum atomic E-state index is 0.499. The summed E-state index contributed by atoms with van der Waals surface area (Å²) in [5.41, 5.74) is 1.05. The van der Waals surface area contributed by atoms with E-state index >= 15 is 0 Å². The van der Waals surface area contributed by atoms with Gasteiger partial charge < -0.3 is 0 Å². The molecule has 0 aromatic carbocycles. The summed E-state index contributed by atoms with van der Waals surface area (Å²) in [6.45, 7) is 12.6. The molecule has 0 aromatic heterocycles. The Balaban J connectivity index is 2.12. The molecule has 2 rings (SSSR count). The average Bonchev–Trinajstić information content (AvgIpc) is 2.67. The van der Waals surface area contributed by atoms with E-state index in [1.54, 1.807) is 0 Å². The summed E-state index contributed by atoms with van der Waals surface area (Å²) >= 11 is 0. The van der Waals surface area contributed by atoms with Gasteiger partial charge in [-0.25, -0.2) is 0 Å². The monoisotopic (exact) mass is 223 g/mol. The number of likely N-dealkylation sites (tertiary alicyclic amines) is 1. The van der Waals surface area contributed by atoms with Gasteiger partial charge in [-0.2, -0.15) is 0 Å². The molecule has 0 radical (unpaired) electrons. The van der Waals surface area contributed by atoms with E-state index < -0.39 is 0 Å². The molecule has 0 bridgehead atoms. The number of rotatable bonds is 2. The van der Waals surface area contributed by atoms with Gasteiger partial charge in [0.15, 0.2) is 0 Å². The molecule has 0 amide bonds. The topological polar surface area (TPSA) is 3.24 Å². The van der Waals surface area contributed by atoms with Gasteiger partial charge in [0.25, 0.3) is 0 Å². The molecule has 0 N–H and O–H groups in total. The lowest BCUT2D eigenvalue weighted by Crippen LogP contribution is -2.52. The first-order valence-electron chi connectivity index (χ1n) is 7.20. The first-order chi connectivity index (χ1) is 7.45. The Kier molecular flexibility index (Phi) is 3.36. The molecule has 1 aliphatic carbocycles. The van der Waals surface area contributed by atoms with Gasteiger partial charge in [0.2, 0.25) is 0 Å². The zero-order chi connectivity index (χ0) is 11.8. The molecule has 1 saturated carbocycles. The van der Waals surface area contributed by atoms with Crippen LogP contribution in [0.1, 0.15) is 66.2 Å². The summed E-state index contributed by atoms with van der Waals surface area (Å²) in [5, 5.41) is 0. The fourth-order valence-electron chi connectivity index (χ4n) is 4.44. The highest BCUT2D eigenvalue weighted by Gasteiger charge is 2.44. The molecule has 16 heavy (non-hydrogen) atoms. The van der Waals surface area contributed by atoms with Crippen molar-refractivity contribution in [2.75, 3.05) is 13.1 Å². The first-order valence-corrected chi connectivity index (χ1v) is 7.20. The SMILES string of the molecule is CC[C@@H]1CC(C)(C)C[C@@](C)(N2CCCC2)C1. The highest BCUT2D eigenvalue weighted by Crippen LogP contribution is 2.48. The Labute approximate surface area is 102 Å². The zero-order valence-corrected chi connectivity index (χ0v) is 11.7. The largest absolute Gasteiger partial charge is 0.298 e. The third-order valence-corrected chi connectivity index (χ3v) is 4.88. The van der Waals surface area contributed by atoms with Gasteiger partial charge in [-0.15, -0.1) is 0 Å². The summed E-state index contributed by atoms with van der Waals surface area (Å²) in [6.07, 6.45) is 8.49. The first kappa shape index (κ1) is 12.4. The molecule has 1 heterocycles. The molecule has 1 heteroatoms. The smallest absolute Gasteiger partial charge is 0.0189 e. The third kappa shape index (κ3) is 2.45. The van der Waals surface area contributed by atoms with Gasteiger partial charge in [-0.3, -0.25) is 4.90 Å². The average molecular weight is 223 g/mol. The van der Waals surface area contributed by atoms with Crippen molar-refractivity contribution in [1.29, 1.82) is 0 Å². The van der Waals surface area contributed by atoms with E-state index in [1.165, 1.54) is 51.6 Å².